The van der Waals surface area contributed by atoms with Gasteiger partial charge in [0.15, 0.2) is 0 Å². The normalized spacial score (nSPS) is 30.8. The molecular formula is C4H5BrO. The molecule has 34 valence electrons. The fourth-order valence-corrected chi connectivity index (χ4v) is 0.915. The molecule has 0 aromatic rings. The lowest BCUT2D eigenvalue weighted by Crippen LogP contribution is -1.75. The quantitative estimate of drug-likeness (QED) is 0.507. The summed E-state index contributed by atoms with van der Waals surface area (Å²) < 4.78 is 0. The number of halogens is 1. The molecule has 1 aliphatic rings. The van der Waals surface area contributed by atoms with Crippen molar-refractivity contribution in [2.24, 2.45) is 5.92 Å². The van der Waals surface area contributed by atoms with E-state index in [4.69, 9.17) is 0 Å². The molecular weight excluding hydrogens is 144 g/mol. The Balaban J connectivity index is 2.26. The molecule has 0 N–H and O–H groups in total. The first kappa shape index (κ1) is 4.31. The van der Waals surface area contributed by atoms with E-state index in [1.54, 1.807) is 0 Å². The van der Waals surface area contributed by atoms with Gasteiger partial charge in [0, 0.05) is 17.7 Å². The van der Waals surface area contributed by atoms with Crippen LogP contribution in [0.5, 0.6) is 0 Å². The van der Waals surface area contributed by atoms with Crippen LogP contribution in [0.2, 0.25) is 0 Å². The zero-order chi connectivity index (χ0) is 4.57. The molecule has 1 atom stereocenters. The van der Waals surface area contributed by atoms with Gasteiger partial charge in [0.05, 0.1) is 0 Å². The van der Waals surface area contributed by atoms with E-state index >= 15 is 0 Å². The van der Waals surface area contributed by atoms with Crippen LogP contribution in [0, 0.1) is 5.92 Å². The summed E-state index contributed by atoms with van der Waals surface area (Å²) in [6.07, 6.45) is 0.811. The van der Waals surface area contributed by atoms with Gasteiger partial charge in [-0.3, -0.25) is 4.79 Å². The number of carbonyl (C=O) groups is 1. The van der Waals surface area contributed by atoms with Crippen molar-refractivity contribution in [1.82, 2.24) is 0 Å². The lowest BCUT2D eigenvalue weighted by atomic mass is 10.5. The summed E-state index contributed by atoms with van der Waals surface area (Å²) in [5.41, 5.74) is 0. The average Bonchev–Trinajstić information content (AvgIpc) is 2.19. The van der Waals surface area contributed by atoms with Gasteiger partial charge in [-0.15, -0.1) is 0 Å². The number of alkyl halides is 1. The summed E-state index contributed by atoms with van der Waals surface area (Å²) >= 11 is 3.20. The molecule has 0 aliphatic heterocycles. The predicted octanol–water partition coefficient (Wildman–Crippen LogP) is 0.970. The molecule has 0 spiro atoms. The number of rotatable bonds is 1. The Hall–Kier alpha value is 0.150. The second-order valence-corrected chi connectivity index (χ2v) is 2.17. The second-order valence-electron chi connectivity index (χ2n) is 1.52. The maximum atomic E-state index is 10.1. The van der Waals surface area contributed by atoms with E-state index in [2.05, 4.69) is 15.9 Å². The highest BCUT2D eigenvalue weighted by atomic mass is 79.9. The van der Waals surface area contributed by atoms with Crippen LogP contribution in [0.1, 0.15) is 6.42 Å². The van der Waals surface area contributed by atoms with Crippen LogP contribution in [-0.2, 0) is 4.79 Å². The topological polar surface area (TPSA) is 17.1 Å². The second kappa shape index (κ2) is 1.34. The van der Waals surface area contributed by atoms with Crippen molar-refractivity contribution < 1.29 is 4.79 Å². The van der Waals surface area contributed by atoms with Crippen molar-refractivity contribution in [2.75, 3.05) is 5.33 Å². The third-order valence-corrected chi connectivity index (χ3v) is 1.71. The fourth-order valence-electron chi connectivity index (χ4n) is 0.325. The molecule has 1 unspecified atom stereocenters. The zero-order valence-electron chi connectivity index (χ0n) is 3.28. The number of carbonyl (C=O) groups excluding carboxylic acids is 1. The molecule has 0 aromatic carbocycles. The standard InChI is InChI=1S/C4H5BrO/c5-2-3-1-4(3)6/h3H,1-2H2. The summed E-state index contributed by atoms with van der Waals surface area (Å²) in [6, 6.07) is 0. The monoisotopic (exact) mass is 148 g/mol. The maximum Gasteiger partial charge on any atom is 0.138 e. The molecule has 1 aliphatic carbocycles. The van der Waals surface area contributed by atoms with Crippen molar-refractivity contribution in [3.8, 4) is 0 Å². The van der Waals surface area contributed by atoms with Crippen molar-refractivity contribution in [2.45, 2.75) is 6.42 Å². The summed E-state index contributed by atoms with van der Waals surface area (Å²) in [4.78, 5) is 10.1. The number of Topliss-reactive ketones (excluding diaryl/α,β-unsaturated/α-hetero) is 1. The van der Waals surface area contributed by atoms with Crippen molar-refractivity contribution in [3.63, 3.8) is 0 Å². The van der Waals surface area contributed by atoms with Crippen LogP contribution in [0.3, 0.4) is 0 Å². The van der Waals surface area contributed by atoms with Crippen molar-refractivity contribution in [3.05, 3.63) is 0 Å². The lowest BCUT2D eigenvalue weighted by Gasteiger charge is -1.68. The first-order valence-electron chi connectivity index (χ1n) is 1.93. The minimum Gasteiger partial charge on any atom is -0.299 e. The van der Waals surface area contributed by atoms with Gasteiger partial charge in [0.25, 0.3) is 0 Å². The van der Waals surface area contributed by atoms with Gasteiger partial charge in [-0.2, -0.15) is 0 Å². The van der Waals surface area contributed by atoms with Crippen molar-refractivity contribution >= 4 is 21.7 Å². The molecule has 0 saturated heterocycles. The molecule has 2 heteroatoms. The van der Waals surface area contributed by atoms with Crippen LogP contribution in [0.15, 0.2) is 0 Å². The Kier molecular flexibility index (Phi) is 0.960. The first-order chi connectivity index (χ1) is 2.84. The minimum absolute atomic E-state index is 0.380. The highest BCUT2D eigenvalue weighted by Crippen LogP contribution is 2.24. The Bertz CT molecular complexity index is 79.6. The molecule has 0 aromatic heterocycles. The summed E-state index contributed by atoms with van der Waals surface area (Å²) in [5.74, 6) is 0.789. The smallest absolute Gasteiger partial charge is 0.138 e. The van der Waals surface area contributed by atoms with E-state index in [0.29, 0.717) is 11.7 Å². The molecule has 0 radical (unpaired) electrons. The third-order valence-electron chi connectivity index (χ3n) is 0.929. The Labute approximate surface area is 44.9 Å². The van der Waals surface area contributed by atoms with Gasteiger partial charge in [-0.05, 0) is 0 Å². The molecule has 1 nitrogen and oxygen atoms in total. The molecule has 0 amide bonds. The largest absolute Gasteiger partial charge is 0.299 e. The van der Waals surface area contributed by atoms with E-state index in [1.165, 1.54) is 0 Å². The van der Waals surface area contributed by atoms with E-state index in [-0.39, 0.29) is 0 Å². The Morgan fingerprint density at radius 3 is 2.50 bits per heavy atom. The maximum absolute atomic E-state index is 10.1. The highest BCUT2D eigenvalue weighted by Gasteiger charge is 2.32. The van der Waals surface area contributed by atoms with E-state index in [9.17, 15) is 4.79 Å². The first-order valence-corrected chi connectivity index (χ1v) is 3.05. The predicted molar refractivity (Wildman–Crippen MR) is 26.9 cm³/mol. The third kappa shape index (κ3) is 0.620. The van der Waals surface area contributed by atoms with Crippen LogP contribution in [-0.4, -0.2) is 11.1 Å². The molecule has 0 heterocycles. The summed E-state index contributed by atoms with van der Waals surface area (Å²) in [6.45, 7) is 0. The van der Waals surface area contributed by atoms with Gasteiger partial charge in [-0.1, -0.05) is 15.9 Å². The van der Waals surface area contributed by atoms with E-state index < -0.39 is 0 Å². The molecule has 1 saturated carbocycles. The number of ketones is 1. The van der Waals surface area contributed by atoms with Crippen LogP contribution < -0.4 is 0 Å². The SMILES string of the molecule is O=C1CC1CBr. The molecule has 0 bridgehead atoms. The van der Waals surface area contributed by atoms with Gasteiger partial charge in [0.1, 0.15) is 5.78 Å². The number of hydrogen-bond donors (Lipinski definition) is 0. The van der Waals surface area contributed by atoms with Gasteiger partial charge in [-0.25, -0.2) is 0 Å². The average molecular weight is 149 g/mol. The lowest BCUT2D eigenvalue weighted by molar-refractivity contribution is -0.110. The van der Waals surface area contributed by atoms with Crippen LogP contribution >= 0.6 is 15.9 Å². The number of hydrogen-bond acceptors (Lipinski definition) is 1. The molecule has 6 heavy (non-hydrogen) atoms. The molecule has 1 rings (SSSR count). The Morgan fingerprint density at radius 1 is 2.00 bits per heavy atom. The summed E-state index contributed by atoms with van der Waals surface area (Å²) in [7, 11) is 0. The van der Waals surface area contributed by atoms with Gasteiger partial charge < -0.3 is 0 Å². The minimum atomic E-state index is 0.380. The van der Waals surface area contributed by atoms with Crippen LogP contribution in [0.25, 0.3) is 0 Å². The highest BCUT2D eigenvalue weighted by molar-refractivity contribution is 9.09. The van der Waals surface area contributed by atoms with Gasteiger partial charge >= 0.3 is 0 Å². The van der Waals surface area contributed by atoms with E-state index in [0.717, 1.165) is 11.8 Å². The summed E-state index contributed by atoms with van der Waals surface area (Å²) in [5, 5.41) is 0.867. The van der Waals surface area contributed by atoms with Gasteiger partial charge in [0.2, 0.25) is 0 Å². The Morgan fingerprint density at radius 2 is 2.50 bits per heavy atom. The van der Waals surface area contributed by atoms with E-state index in [1.807, 2.05) is 0 Å². The fraction of sp³-hybridized carbons (Fsp3) is 0.750. The molecule has 1 fully saturated rings. The zero-order valence-corrected chi connectivity index (χ0v) is 4.86. The van der Waals surface area contributed by atoms with Crippen molar-refractivity contribution in [1.29, 1.82) is 0 Å². The van der Waals surface area contributed by atoms with Crippen LogP contribution in [0.4, 0.5) is 0 Å².